The minimum absolute atomic E-state index is 0.292. The van der Waals surface area contributed by atoms with Crippen LogP contribution in [0.5, 0.6) is 0 Å². The summed E-state index contributed by atoms with van der Waals surface area (Å²) in [6.07, 6.45) is 0. The first-order valence-electron chi connectivity index (χ1n) is 5.61. The van der Waals surface area contributed by atoms with Crippen LogP contribution in [-0.4, -0.2) is 25.7 Å². The first-order chi connectivity index (χ1) is 8.90. The Morgan fingerprint density at radius 3 is 2.18 bits per heavy atom. The molecule has 4 radical (unpaired) electrons. The number of nitrogens with one attached hydrogen (secondary N) is 1. The average molecular weight is 242 g/mol. The zero-order valence-corrected chi connectivity index (χ0v) is 10.2. The third kappa shape index (κ3) is 5.36. The summed E-state index contributed by atoms with van der Waals surface area (Å²) >= 11 is 0. The summed E-state index contributed by atoms with van der Waals surface area (Å²) in [5.41, 5.74) is 5.90. The van der Waals surface area contributed by atoms with E-state index in [2.05, 4.69) is 24.4 Å². The zero-order chi connectivity index (χ0) is 14.4. The van der Waals surface area contributed by atoms with Crippen LogP contribution in [0.4, 0.5) is 11.6 Å². The third-order valence-electron chi connectivity index (χ3n) is 1.57. The molecule has 0 spiro atoms. The van der Waals surface area contributed by atoms with Crippen LogP contribution in [-0.2, 0) is 0 Å². The molecular formula is C10H11B2N4P. The first-order valence-corrected chi connectivity index (χ1v) is 5.19. The summed E-state index contributed by atoms with van der Waals surface area (Å²) in [6.45, 7) is 0. The van der Waals surface area contributed by atoms with Gasteiger partial charge >= 0.3 is 0 Å². The monoisotopic (exact) mass is 242 g/mol. The van der Waals surface area contributed by atoms with E-state index in [1.54, 1.807) is 6.07 Å². The smallest absolute Gasteiger partial charge is 0.141 e. The lowest BCUT2D eigenvalue weighted by Crippen LogP contribution is -2.08. The van der Waals surface area contributed by atoms with Gasteiger partial charge in [0.15, 0.2) is 0 Å². The van der Waals surface area contributed by atoms with Crippen LogP contribution in [0.15, 0.2) is 36.4 Å². The predicted molar refractivity (Wildman–Crippen MR) is 77.0 cm³/mol. The molecule has 1 atom stereocenters. The van der Waals surface area contributed by atoms with Gasteiger partial charge in [-0.05, 0) is 32.7 Å². The van der Waals surface area contributed by atoms with Crippen molar-refractivity contribution in [1.82, 2.24) is 9.97 Å². The fraction of sp³-hybridized carbons (Fsp3) is 0. The maximum absolute atomic E-state index is 7.21. The Kier molecular flexibility index (Phi) is 4.31. The van der Waals surface area contributed by atoms with Gasteiger partial charge in [-0.1, -0.05) is 24.2 Å². The highest BCUT2D eigenvalue weighted by Gasteiger charge is 1.86. The van der Waals surface area contributed by atoms with Gasteiger partial charge in [-0.3, -0.25) is 0 Å². The molecule has 4 nitrogen and oxygen atoms in total. The van der Waals surface area contributed by atoms with Crippen LogP contribution in [0.1, 0.15) is 2.74 Å². The van der Waals surface area contributed by atoms with Gasteiger partial charge in [0, 0.05) is 0 Å². The Morgan fingerprint density at radius 2 is 1.71 bits per heavy atom. The van der Waals surface area contributed by atoms with E-state index < -0.39 is 0 Å². The number of nitrogen functional groups attached to an aromatic ring is 1. The molecule has 0 fully saturated rings. The van der Waals surface area contributed by atoms with Crippen molar-refractivity contribution in [3.8, 4) is 0 Å². The Hall–Kier alpha value is -1.54. The summed E-state index contributed by atoms with van der Waals surface area (Å²) in [4.78, 5) is 7.55. The van der Waals surface area contributed by atoms with E-state index >= 15 is 0 Å². The van der Waals surface area contributed by atoms with Crippen molar-refractivity contribution >= 4 is 47.9 Å². The quantitative estimate of drug-likeness (QED) is 0.524. The molecule has 0 bridgehead atoms. The zero-order valence-electron chi connectivity index (χ0n) is 11.0. The lowest BCUT2D eigenvalue weighted by molar-refractivity contribution is 1.39. The topological polar surface area (TPSA) is 63.8 Å². The van der Waals surface area contributed by atoms with Crippen molar-refractivity contribution in [3.63, 3.8) is 0 Å². The van der Waals surface area contributed by atoms with Gasteiger partial charge < -0.3 is 10.8 Å². The minimum atomic E-state index is 0.292. The SMILES string of the molecule is [2H]c1cc([B])nc(N)c1.[2H]c1cc([B])nc(NP)c1. The molecule has 7 heteroatoms. The summed E-state index contributed by atoms with van der Waals surface area (Å²) in [5, 5.41) is 2.71. The highest BCUT2D eigenvalue weighted by Crippen LogP contribution is 1.99. The van der Waals surface area contributed by atoms with Crippen molar-refractivity contribution < 1.29 is 2.74 Å². The Labute approximate surface area is 108 Å². The van der Waals surface area contributed by atoms with Gasteiger partial charge in [-0.2, -0.15) is 0 Å². The predicted octanol–water partition coefficient (Wildman–Crippen LogP) is -0.465. The number of nitrogens with zero attached hydrogens (tertiary/aromatic N) is 2. The summed E-state index contributed by atoms with van der Waals surface area (Å²) < 4.78 is 14.3. The molecular weight excluding hydrogens is 229 g/mol. The van der Waals surface area contributed by atoms with E-state index in [1.165, 1.54) is 18.2 Å². The molecule has 0 saturated heterocycles. The maximum Gasteiger partial charge on any atom is 0.141 e. The van der Waals surface area contributed by atoms with Gasteiger partial charge in [0.05, 0.1) is 2.74 Å². The molecule has 1 unspecified atom stereocenters. The molecule has 0 aromatic carbocycles. The number of pyridine rings is 2. The second-order valence-electron chi connectivity index (χ2n) is 2.94. The van der Waals surface area contributed by atoms with Crippen LogP contribution in [0.2, 0.25) is 0 Å². The largest absolute Gasteiger partial charge is 0.384 e. The van der Waals surface area contributed by atoms with Crippen LogP contribution >= 0.6 is 9.39 Å². The Bertz CT molecular complexity index is 500. The molecule has 0 amide bonds. The number of rotatable bonds is 1. The second kappa shape index (κ2) is 6.92. The maximum atomic E-state index is 7.21. The number of nitrogens with two attached hydrogens (primary N) is 1. The third-order valence-corrected chi connectivity index (χ3v) is 1.87. The van der Waals surface area contributed by atoms with Crippen LogP contribution < -0.4 is 22.0 Å². The highest BCUT2D eigenvalue weighted by atomic mass is 31.0. The molecule has 2 rings (SSSR count). The summed E-state index contributed by atoms with van der Waals surface area (Å²) in [7, 11) is 12.9. The molecule has 2 aromatic rings. The molecule has 0 aliphatic rings. The van der Waals surface area contributed by atoms with E-state index in [4.69, 9.17) is 24.2 Å². The molecule has 2 heterocycles. The molecule has 0 saturated carbocycles. The van der Waals surface area contributed by atoms with E-state index in [9.17, 15) is 0 Å². The van der Waals surface area contributed by atoms with Gasteiger partial charge in [-0.15, -0.1) is 0 Å². The van der Waals surface area contributed by atoms with Gasteiger partial charge in [0.1, 0.15) is 27.3 Å². The van der Waals surface area contributed by atoms with E-state index in [0.717, 1.165) is 0 Å². The highest BCUT2D eigenvalue weighted by molar-refractivity contribution is 7.18. The van der Waals surface area contributed by atoms with E-state index in [1.807, 2.05) is 0 Å². The molecule has 3 N–H and O–H groups in total. The Morgan fingerprint density at radius 1 is 1.12 bits per heavy atom. The van der Waals surface area contributed by atoms with Gasteiger partial charge in [-0.25, -0.2) is 9.97 Å². The summed E-state index contributed by atoms with van der Waals surface area (Å²) in [5.74, 6) is 0.884. The van der Waals surface area contributed by atoms with Crippen LogP contribution in [0.25, 0.3) is 0 Å². The van der Waals surface area contributed by atoms with Crippen molar-refractivity contribution in [2.45, 2.75) is 0 Å². The fourth-order valence-corrected chi connectivity index (χ4v) is 1.06. The average Bonchev–Trinajstić information content (AvgIpc) is 2.26. The lowest BCUT2D eigenvalue weighted by atomic mass is 10.0. The van der Waals surface area contributed by atoms with Crippen LogP contribution in [0, 0.1) is 0 Å². The number of hydrogen-bond donors (Lipinski definition) is 2. The standard InChI is InChI=1S/C5H6BN2P.C5H5BN2/c6-4-2-1-3-5(7-4)8-9;6-4-2-1-3-5(7)8-4/h1-3H,9H2,(H,7,8);1-3H,(H2,7,8)/i2*1D. The van der Waals surface area contributed by atoms with E-state index in [0.29, 0.717) is 34.9 Å². The minimum Gasteiger partial charge on any atom is -0.384 e. The number of aromatic nitrogens is 2. The van der Waals surface area contributed by atoms with Crippen molar-refractivity contribution in [3.05, 3.63) is 36.4 Å². The molecule has 0 aliphatic carbocycles. The molecule has 82 valence electrons. The molecule has 2 aromatic heterocycles. The number of anilines is 2. The van der Waals surface area contributed by atoms with Gasteiger partial charge in [0.2, 0.25) is 0 Å². The van der Waals surface area contributed by atoms with Crippen LogP contribution in [0.3, 0.4) is 0 Å². The van der Waals surface area contributed by atoms with Crippen molar-refractivity contribution in [2.24, 2.45) is 0 Å². The molecule has 17 heavy (non-hydrogen) atoms. The second-order valence-corrected chi connectivity index (χ2v) is 3.23. The van der Waals surface area contributed by atoms with Crippen molar-refractivity contribution in [1.29, 1.82) is 0 Å². The first kappa shape index (κ1) is 10.6. The van der Waals surface area contributed by atoms with E-state index in [-0.39, 0.29) is 0 Å². The normalized spacial score (nSPS) is 10.6. The summed E-state index contributed by atoms with van der Waals surface area (Å²) in [6, 6.07) is 6.61. The fourth-order valence-electron chi connectivity index (χ4n) is 0.910. The molecule has 0 aliphatic heterocycles. The van der Waals surface area contributed by atoms with Gasteiger partial charge in [0.25, 0.3) is 0 Å². The Balaban J connectivity index is 0.000000191. The number of hydrogen-bond acceptors (Lipinski definition) is 4. The lowest BCUT2D eigenvalue weighted by Gasteiger charge is -1.97. The van der Waals surface area contributed by atoms with Crippen molar-refractivity contribution in [2.75, 3.05) is 10.8 Å².